The van der Waals surface area contributed by atoms with Crippen molar-refractivity contribution in [1.82, 2.24) is 25.1 Å². The molecule has 34 heavy (non-hydrogen) atoms. The van der Waals surface area contributed by atoms with Gasteiger partial charge in [-0.15, -0.1) is 0 Å². The third-order valence-corrected chi connectivity index (χ3v) is 5.93. The Labute approximate surface area is 196 Å². The summed E-state index contributed by atoms with van der Waals surface area (Å²) < 4.78 is 15.8. The van der Waals surface area contributed by atoms with E-state index >= 15 is 0 Å². The lowest BCUT2D eigenvalue weighted by Crippen LogP contribution is -2.24. The summed E-state index contributed by atoms with van der Waals surface area (Å²) in [7, 11) is 0. The summed E-state index contributed by atoms with van der Waals surface area (Å²) in [5.74, 6) is -0.346. The maximum atomic E-state index is 14.0. The van der Waals surface area contributed by atoms with E-state index in [4.69, 9.17) is 0 Å². The molecule has 2 heterocycles. The van der Waals surface area contributed by atoms with Gasteiger partial charge in [-0.3, -0.25) is 4.79 Å². The van der Waals surface area contributed by atoms with Crippen LogP contribution in [0.25, 0.3) is 22.2 Å². The van der Waals surface area contributed by atoms with Crippen molar-refractivity contribution in [1.29, 1.82) is 0 Å². The molecule has 5 rings (SSSR count). The summed E-state index contributed by atoms with van der Waals surface area (Å²) in [4.78, 5) is 20.2. The van der Waals surface area contributed by atoms with Gasteiger partial charge >= 0.3 is 0 Å². The SMILES string of the molecule is O=C(CCc1c(-c2ccccc2)[nH]c2ccc(F)cc12)NCc1ccccc1Cn1cncn1. The molecule has 0 unspecified atom stereocenters. The molecule has 5 aromatic rings. The van der Waals surface area contributed by atoms with Gasteiger partial charge in [-0.05, 0) is 46.9 Å². The van der Waals surface area contributed by atoms with Gasteiger partial charge < -0.3 is 10.3 Å². The molecule has 0 fully saturated rings. The van der Waals surface area contributed by atoms with Crippen LogP contribution < -0.4 is 5.32 Å². The van der Waals surface area contributed by atoms with Gasteiger partial charge in [-0.25, -0.2) is 14.1 Å². The molecular formula is C27H24FN5O. The lowest BCUT2D eigenvalue weighted by Gasteiger charge is -2.11. The van der Waals surface area contributed by atoms with Crippen LogP contribution in [0.4, 0.5) is 4.39 Å². The molecule has 2 aromatic heterocycles. The lowest BCUT2D eigenvalue weighted by atomic mass is 10.0. The Hall–Kier alpha value is -4.26. The van der Waals surface area contributed by atoms with Crippen molar-refractivity contribution in [2.45, 2.75) is 25.9 Å². The molecule has 6 nitrogen and oxygen atoms in total. The van der Waals surface area contributed by atoms with Crippen LogP contribution in [0.3, 0.4) is 0 Å². The third kappa shape index (κ3) is 4.73. The number of aryl methyl sites for hydroxylation is 1. The largest absolute Gasteiger partial charge is 0.354 e. The van der Waals surface area contributed by atoms with Crippen LogP contribution in [0.5, 0.6) is 0 Å². The summed E-state index contributed by atoms with van der Waals surface area (Å²) in [5.41, 5.74) is 5.85. The Balaban J connectivity index is 1.30. The molecule has 0 atom stereocenters. The highest BCUT2D eigenvalue weighted by Crippen LogP contribution is 2.31. The first kappa shape index (κ1) is 21.6. The zero-order valence-corrected chi connectivity index (χ0v) is 18.5. The molecule has 0 bridgehead atoms. The Morgan fingerprint density at radius 3 is 2.59 bits per heavy atom. The average Bonchev–Trinajstić information content (AvgIpc) is 3.50. The zero-order valence-electron chi connectivity index (χ0n) is 18.5. The summed E-state index contributed by atoms with van der Waals surface area (Å²) in [6, 6.07) is 22.6. The molecule has 2 N–H and O–H groups in total. The Bertz CT molecular complexity index is 1410. The monoisotopic (exact) mass is 453 g/mol. The van der Waals surface area contributed by atoms with Gasteiger partial charge in [0, 0.05) is 29.6 Å². The van der Waals surface area contributed by atoms with Crippen molar-refractivity contribution in [2.75, 3.05) is 0 Å². The van der Waals surface area contributed by atoms with Crippen molar-refractivity contribution in [2.24, 2.45) is 0 Å². The Morgan fingerprint density at radius 1 is 1.00 bits per heavy atom. The number of nitrogens with one attached hydrogen (secondary N) is 2. The number of benzene rings is 3. The fraction of sp³-hybridized carbons (Fsp3) is 0.148. The average molecular weight is 454 g/mol. The highest BCUT2D eigenvalue weighted by atomic mass is 19.1. The number of H-pyrrole nitrogens is 1. The van der Waals surface area contributed by atoms with Crippen LogP contribution in [0.1, 0.15) is 23.1 Å². The first-order valence-electron chi connectivity index (χ1n) is 11.2. The number of amides is 1. The summed E-state index contributed by atoms with van der Waals surface area (Å²) in [5, 5.41) is 8.00. The van der Waals surface area contributed by atoms with Gasteiger partial charge in [0.25, 0.3) is 0 Å². The van der Waals surface area contributed by atoms with Crippen LogP contribution >= 0.6 is 0 Å². The van der Waals surface area contributed by atoms with Gasteiger partial charge in [0.2, 0.25) is 5.91 Å². The molecular weight excluding hydrogens is 429 g/mol. The minimum Gasteiger partial charge on any atom is -0.354 e. The first-order valence-corrected chi connectivity index (χ1v) is 11.2. The maximum Gasteiger partial charge on any atom is 0.220 e. The predicted molar refractivity (Wildman–Crippen MR) is 129 cm³/mol. The molecule has 0 radical (unpaired) electrons. The number of halogens is 1. The van der Waals surface area contributed by atoms with E-state index in [9.17, 15) is 9.18 Å². The molecule has 7 heteroatoms. The van der Waals surface area contributed by atoms with Gasteiger partial charge in [0.1, 0.15) is 18.5 Å². The van der Waals surface area contributed by atoms with Crippen LogP contribution in [0, 0.1) is 5.82 Å². The summed E-state index contributed by atoms with van der Waals surface area (Å²) in [6.45, 7) is 1.02. The molecule has 170 valence electrons. The van der Waals surface area contributed by atoms with E-state index in [0.29, 0.717) is 25.9 Å². The van der Waals surface area contributed by atoms with E-state index in [-0.39, 0.29) is 11.7 Å². The van der Waals surface area contributed by atoms with Gasteiger partial charge in [0.15, 0.2) is 0 Å². The number of nitrogens with zero attached hydrogens (tertiary/aromatic N) is 3. The number of carbonyl (C=O) groups is 1. The second-order valence-corrected chi connectivity index (χ2v) is 8.17. The number of aromatic nitrogens is 4. The van der Waals surface area contributed by atoms with E-state index in [1.54, 1.807) is 17.1 Å². The predicted octanol–water partition coefficient (Wildman–Crippen LogP) is 4.86. The van der Waals surface area contributed by atoms with E-state index in [1.165, 1.54) is 18.5 Å². The van der Waals surface area contributed by atoms with Gasteiger partial charge in [0.05, 0.1) is 6.54 Å². The molecule has 0 saturated heterocycles. The second-order valence-electron chi connectivity index (χ2n) is 8.17. The number of hydrogen-bond donors (Lipinski definition) is 2. The zero-order chi connectivity index (χ0) is 23.3. The quantitative estimate of drug-likeness (QED) is 0.352. The summed E-state index contributed by atoms with van der Waals surface area (Å²) in [6.07, 6.45) is 3.98. The fourth-order valence-electron chi connectivity index (χ4n) is 4.22. The Kier molecular flexibility index (Phi) is 6.16. The number of carbonyl (C=O) groups excluding carboxylic acids is 1. The third-order valence-electron chi connectivity index (χ3n) is 5.93. The molecule has 3 aromatic carbocycles. The molecule has 0 spiro atoms. The van der Waals surface area contributed by atoms with Gasteiger partial charge in [-0.2, -0.15) is 5.10 Å². The Morgan fingerprint density at radius 2 is 1.79 bits per heavy atom. The molecule has 0 aliphatic heterocycles. The van der Waals surface area contributed by atoms with Crippen LogP contribution in [-0.2, 0) is 24.3 Å². The van der Waals surface area contributed by atoms with Crippen molar-refractivity contribution in [3.8, 4) is 11.3 Å². The minimum atomic E-state index is -0.291. The van der Waals surface area contributed by atoms with Crippen molar-refractivity contribution in [3.63, 3.8) is 0 Å². The normalized spacial score (nSPS) is 11.1. The number of fused-ring (bicyclic) bond motifs is 1. The number of aromatic amines is 1. The standard InChI is InChI=1S/C27H24FN5O/c28-22-10-12-25-24(14-22)23(27(32-25)19-6-2-1-3-7-19)11-13-26(34)30-15-20-8-4-5-9-21(20)16-33-18-29-17-31-33/h1-10,12,14,17-18,32H,11,13,15-16H2,(H,30,34). The minimum absolute atomic E-state index is 0.0553. The summed E-state index contributed by atoms with van der Waals surface area (Å²) >= 11 is 0. The van der Waals surface area contributed by atoms with Crippen LogP contribution in [0.2, 0.25) is 0 Å². The van der Waals surface area contributed by atoms with E-state index in [2.05, 4.69) is 20.4 Å². The highest BCUT2D eigenvalue weighted by Gasteiger charge is 2.15. The van der Waals surface area contributed by atoms with E-state index in [1.807, 2.05) is 54.6 Å². The molecule has 0 aliphatic rings. The first-order chi connectivity index (χ1) is 16.7. The number of hydrogen-bond acceptors (Lipinski definition) is 3. The van der Waals surface area contributed by atoms with Gasteiger partial charge in [-0.1, -0.05) is 54.6 Å². The molecule has 0 aliphatic carbocycles. The molecule has 1 amide bonds. The van der Waals surface area contributed by atoms with Crippen LogP contribution in [0.15, 0.2) is 85.5 Å². The number of rotatable bonds is 8. The smallest absolute Gasteiger partial charge is 0.220 e. The maximum absolute atomic E-state index is 14.0. The second kappa shape index (κ2) is 9.70. The van der Waals surface area contributed by atoms with Crippen molar-refractivity contribution >= 4 is 16.8 Å². The fourth-order valence-corrected chi connectivity index (χ4v) is 4.22. The molecule has 0 saturated carbocycles. The van der Waals surface area contributed by atoms with E-state index in [0.717, 1.165) is 38.9 Å². The highest BCUT2D eigenvalue weighted by molar-refractivity contribution is 5.91. The van der Waals surface area contributed by atoms with Crippen molar-refractivity contribution in [3.05, 3.63) is 108 Å². The topological polar surface area (TPSA) is 75.6 Å². The lowest BCUT2D eigenvalue weighted by molar-refractivity contribution is -0.121. The van der Waals surface area contributed by atoms with E-state index < -0.39 is 0 Å². The van der Waals surface area contributed by atoms with Crippen molar-refractivity contribution < 1.29 is 9.18 Å². The van der Waals surface area contributed by atoms with Crippen LogP contribution in [-0.4, -0.2) is 25.7 Å².